The minimum atomic E-state index is -1.76. The van der Waals surface area contributed by atoms with E-state index in [1.54, 1.807) is 13.8 Å². The van der Waals surface area contributed by atoms with Crippen LogP contribution in [-0.2, 0) is 28.8 Å². The van der Waals surface area contributed by atoms with Gasteiger partial charge in [-0.15, -0.1) is 0 Å². The summed E-state index contributed by atoms with van der Waals surface area (Å²) < 4.78 is 0. The van der Waals surface area contributed by atoms with Gasteiger partial charge in [0.05, 0.1) is 18.9 Å². The monoisotopic (exact) mass is 517 g/mol. The number of nitrogens with zero attached hydrogens (tertiary/aromatic N) is 1. The van der Waals surface area contributed by atoms with Crippen LogP contribution in [0.2, 0.25) is 0 Å². The van der Waals surface area contributed by atoms with E-state index in [4.69, 9.17) is 27.4 Å². The van der Waals surface area contributed by atoms with Gasteiger partial charge < -0.3 is 48.5 Å². The lowest BCUT2D eigenvalue weighted by Gasteiger charge is -2.27. The average Bonchev–Trinajstić information content (AvgIpc) is 2.76. The van der Waals surface area contributed by atoms with Crippen molar-refractivity contribution in [3.63, 3.8) is 0 Å². The zero-order valence-electron chi connectivity index (χ0n) is 20.1. The van der Waals surface area contributed by atoms with Crippen LogP contribution in [0.4, 0.5) is 0 Å². The highest BCUT2D eigenvalue weighted by Gasteiger charge is 2.33. The number of carboxylic acids is 3. The molecule has 5 unspecified atom stereocenters. The lowest BCUT2D eigenvalue weighted by Crippen LogP contribution is -2.58. The standard InChI is InChI=1S/C20H35N7O9/c1-3-9(2)15(27-16(32)10(21)7-13(28)29)18(34)25-11(5-4-6-24-20(22)23)17(33)26-12(19(35)36)8-14(30)31/h9-12,15H,3-8,21H2,1-2H3,(H,25,34)(H,26,33)(H,27,32)(H,28,29)(H,30,31)(H,35,36)(H4,22,23,24). The fraction of sp³-hybridized carbons (Fsp3) is 0.650. The first kappa shape index (κ1) is 32.0. The Morgan fingerprint density at radius 2 is 1.39 bits per heavy atom. The second kappa shape index (κ2) is 15.9. The summed E-state index contributed by atoms with van der Waals surface area (Å²) in [7, 11) is 0. The summed E-state index contributed by atoms with van der Waals surface area (Å²) in [6, 6.07) is -5.72. The predicted molar refractivity (Wildman–Crippen MR) is 125 cm³/mol. The van der Waals surface area contributed by atoms with Gasteiger partial charge >= 0.3 is 17.9 Å². The van der Waals surface area contributed by atoms with E-state index in [1.807, 2.05) is 0 Å². The number of hydrogen-bond donors (Lipinski definition) is 9. The molecule has 0 aromatic heterocycles. The van der Waals surface area contributed by atoms with Gasteiger partial charge in [-0.3, -0.25) is 29.0 Å². The third kappa shape index (κ3) is 12.5. The molecule has 0 aromatic rings. The van der Waals surface area contributed by atoms with Crippen LogP contribution in [-0.4, -0.2) is 87.6 Å². The zero-order valence-corrected chi connectivity index (χ0v) is 20.1. The molecule has 0 spiro atoms. The Kier molecular flexibility index (Phi) is 14.1. The van der Waals surface area contributed by atoms with E-state index in [0.29, 0.717) is 6.42 Å². The van der Waals surface area contributed by atoms with Crippen molar-refractivity contribution in [2.24, 2.45) is 28.1 Å². The molecule has 0 fully saturated rings. The number of rotatable bonds is 17. The molecule has 0 radical (unpaired) electrons. The van der Waals surface area contributed by atoms with Crippen molar-refractivity contribution in [3.8, 4) is 0 Å². The van der Waals surface area contributed by atoms with Gasteiger partial charge in [0.1, 0.15) is 18.1 Å². The van der Waals surface area contributed by atoms with Gasteiger partial charge in [0.15, 0.2) is 5.96 Å². The normalized spacial score (nSPS) is 14.8. The fourth-order valence-electron chi connectivity index (χ4n) is 2.92. The number of carbonyl (C=O) groups is 6. The van der Waals surface area contributed by atoms with Crippen LogP contribution in [0.3, 0.4) is 0 Å². The molecular weight excluding hydrogens is 482 g/mol. The molecule has 0 rings (SSSR count). The minimum absolute atomic E-state index is 0.0620. The molecule has 0 bridgehead atoms. The molecule has 12 N–H and O–H groups in total. The first-order valence-corrected chi connectivity index (χ1v) is 11.1. The summed E-state index contributed by atoms with van der Waals surface area (Å²) >= 11 is 0. The SMILES string of the molecule is CCC(C)C(NC(=O)C(N)CC(=O)O)C(=O)NC(CCCN=C(N)N)C(=O)NC(CC(=O)O)C(=O)O. The number of guanidine groups is 1. The van der Waals surface area contributed by atoms with E-state index in [-0.39, 0.29) is 25.3 Å². The number of aliphatic imine (C=N–C) groups is 1. The average molecular weight is 518 g/mol. The van der Waals surface area contributed by atoms with E-state index < -0.39 is 78.6 Å². The van der Waals surface area contributed by atoms with Gasteiger partial charge in [0.2, 0.25) is 17.7 Å². The van der Waals surface area contributed by atoms with Crippen molar-refractivity contribution in [2.75, 3.05) is 6.54 Å². The number of hydrogen-bond acceptors (Lipinski definition) is 8. The Morgan fingerprint density at radius 3 is 1.86 bits per heavy atom. The van der Waals surface area contributed by atoms with Crippen molar-refractivity contribution >= 4 is 41.6 Å². The Morgan fingerprint density at radius 1 is 0.833 bits per heavy atom. The smallest absolute Gasteiger partial charge is 0.326 e. The third-order valence-corrected chi connectivity index (χ3v) is 5.10. The number of aliphatic carboxylic acids is 3. The highest BCUT2D eigenvalue weighted by Crippen LogP contribution is 2.10. The van der Waals surface area contributed by atoms with Gasteiger partial charge in [0.25, 0.3) is 0 Å². The van der Waals surface area contributed by atoms with Gasteiger partial charge in [-0.05, 0) is 18.8 Å². The number of amides is 3. The minimum Gasteiger partial charge on any atom is -0.481 e. The lowest BCUT2D eigenvalue weighted by molar-refractivity contribution is -0.147. The van der Waals surface area contributed by atoms with E-state index in [0.717, 1.165) is 0 Å². The molecule has 3 amide bonds. The van der Waals surface area contributed by atoms with Crippen LogP contribution in [0.25, 0.3) is 0 Å². The van der Waals surface area contributed by atoms with Crippen molar-refractivity contribution < 1.29 is 44.1 Å². The van der Waals surface area contributed by atoms with Gasteiger partial charge in [-0.2, -0.15) is 0 Å². The molecule has 0 saturated heterocycles. The van der Waals surface area contributed by atoms with Gasteiger partial charge in [-0.25, -0.2) is 4.79 Å². The number of nitrogens with one attached hydrogen (secondary N) is 3. The molecule has 0 saturated carbocycles. The number of carboxylic acid groups (broad SMARTS) is 3. The van der Waals surface area contributed by atoms with Crippen molar-refractivity contribution in [2.45, 2.75) is 70.1 Å². The first-order valence-electron chi connectivity index (χ1n) is 11.1. The maximum atomic E-state index is 13.0. The summed E-state index contributed by atoms with van der Waals surface area (Å²) in [5.74, 6) is -7.71. The van der Waals surface area contributed by atoms with Crippen LogP contribution in [0.1, 0.15) is 46.0 Å². The van der Waals surface area contributed by atoms with Gasteiger partial charge in [0, 0.05) is 6.54 Å². The van der Waals surface area contributed by atoms with E-state index >= 15 is 0 Å². The van der Waals surface area contributed by atoms with Crippen molar-refractivity contribution in [1.82, 2.24) is 16.0 Å². The summed E-state index contributed by atoms with van der Waals surface area (Å²) in [4.78, 5) is 75.0. The maximum Gasteiger partial charge on any atom is 0.326 e. The van der Waals surface area contributed by atoms with Crippen LogP contribution < -0.4 is 33.2 Å². The molecular formula is C20H35N7O9. The second-order valence-electron chi connectivity index (χ2n) is 8.08. The lowest BCUT2D eigenvalue weighted by atomic mass is 9.97. The summed E-state index contributed by atoms with van der Waals surface area (Å²) in [5.41, 5.74) is 16.1. The summed E-state index contributed by atoms with van der Waals surface area (Å²) in [6.07, 6.45) is -1.04. The quantitative estimate of drug-likeness (QED) is 0.0526. The topological polar surface area (TPSA) is 290 Å². The van der Waals surface area contributed by atoms with Crippen LogP contribution >= 0.6 is 0 Å². The Bertz CT molecular complexity index is 845. The zero-order chi connectivity index (χ0) is 28.0. The highest BCUT2D eigenvalue weighted by molar-refractivity contribution is 5.95. The molecule has 36 heavy (non-hydrogen) atoms. The predicted octanol–water partition coefficient (Wildman–Crippen LogP) is -3.10. The fourth-order valence-corrected chi connectivity index (χ4v) is 2.92. The third-order valence-electron chi connectivity index (χ3n) is 5.10. The van der Waals surface area contributed by atoms with Gasteiger partial charge in [-0.1, -0.05) is 20.3 Å². The molecule has 204 valence electrons. The Balaban J connectivity index is 5.72. The van der Waals surface area contributed by atoms with E-state index in [9.17, 15) is 33.9 Å². The van der Waals surface area contributed by atoms with Crippen molar-refractivity contribution in [3.05, 3.63) is 0 Å². The Labute approximate surface area is 207 Å². The summed E-state index contributed by atoms with van der Waals surface area (Å²) in [6.45, 7) is 3.44. The Hall–Kier alpha value is -3.95. The largest absolute Gasteiger partial charge is 0.481 e. The molecule has 0 aliphatic heterocycles. The van der Waals surface area contributed by atoms with E-state index in [1.165, 1.54) is 0 Å². The highest BCUT2D eigenvalue weighted by atomic mass is 16.4. The van der Waals surface area contributed by atoms with Crippen LogP contribution in [0.15, 0.2) is 4.99 Å². The molecule has 16 nitrogen and oxygen atoms in total. The molecule has 5 atom stereocenters. The van der Waals surface area contributed by atoms with E-state index in [2.05, 4.69) is 20.9 Å². The number of carbonyl (C=O) groups excluding carboxylic acids is 3. The molecule has 0 aromatic carbocycles. The first-order chi connectivity index (χ1) is 16.7. The molecule has 0 heterocycles. The molecule has 0 aliphatic carbocycles. The molecule has 16 heteroatoms. The summed E-state index contributed by atoms with van der Waals surface area (Å²) in [5, 5.41) is 33.8. The maximum absolute atomic E-state index is 13.0. The van der Waals surface area contributed by atoms with Crippen molar-refractivity contribution in [1.29, 1.82) is 0 Å². The van der Waals surface area contributed by atoms with Crippen LogP contribution in [0, 0.1) is 5.92 Å². The number of nitrogens with two attached hydrogens (primary N) is 3. The molecule has 0 aliphatic rings. The second-order valence-corrected chi connectivity index (χ2v) is 8.08. The van der Waals surface area contributed by atoms with Crippen LogP contribution in [0.5, 0.6) is 0 Å².